The number of esters is 2. The van der Waals surface area contributed by atoms with Gasteiger partial charge in [-0.05, 0) is 83.3 Å². The molecule has 0 amide bonds. The zero-order valence-electron chi connectivity index (χ0n) is 23.4. The first-order valence-electron chi connectivity index (χ1n) is 13.4. The quantitative estimate of drug-likeness (QED) is 0.204. The van der Waals surface area contributed by atoms with Crippen molar-refractivity contribution < 1.29 is 49.0 Å². The molecule has 216 valence electrons. The molecule has 2 aliphatic carbocycles. The van der Waals surface area contributed by atoms with Crippen LogP contribution in [-0.4, -0.2) is 80.1 Å². The highest BCUT2D eigenvalue weighted by atomic mass is 16.6. The summed E-state index contributed by atoms with van der Waals surface area (Å²) >= 11 is 0. The number of epoxide rings is 1. The molecular weight excluding hydrogens is 496 g/mol. The summed E-state index contributed by atoms with van der Waals surface area (Å²) in [7, 11) is 0. The van der Waals surface area contributed by atoms with Crippen LogP contribution < -0.4 is 0 Å². The SMILES string of the molecule is CC(=O)O[C@H]1/C=C(\COC(=O)C[C@@](C)(O)CC(=O)O)CC[C@@H](O)[C@@]2(C)O[C@@H]2C[C@H]2[C@H](C(C)(C)O)CC[C@]12C. The maximum atomic E-state index is 12.5. The number of aliphatic carboxylic acids is 1. The van der Waals surface area contributed by atoms with Crippen LogP contribution in [-0.2, 0) is 28.6 Å². The minimum absolute atomic E-state index is 0.0739. The largest absolute Gasteiger partial charge is 0.481 e. The Labute approximate surface area is 224 Å². The molecule has 1 saturated heterocycles. The molecule has 10 heteroatoms. The van der Waals surface area contributed by atoms with Gasteiger partial charge in [-0.25, -0.2) is 0 Å². The number of carbonyl (C=O) groups excluding carboxylic acids is 2. The van der Waals surface area contributed by atoms with Crippen LogP contribution in [0, 0.1) is 17.3 Å². The Balaban J connectivity index is 1.92. The number of carboxylic acids is 1. The van der Waals surface area contributed by atoms with Crippen molar-refractivity contribution in [2.75, 3.05) is 6.61 Å². The van der Waals surface area contributed by atoms with E-state index in [1.165, 1.54) is 13.8 Å². The molecule has 1 saturated carbocycles. The van der Waals surface area contributed by atoms with Gasteiger partial charge in [-0.2, -0.15) is 0 Å². The van der Waals surface area contributed by atoms with E-state index >= 15 is 0 Å². The summed E-state index contributed by atoms with van der Waals surface area (Å²) in [5.41, 5.74) is -3.37. The van der Waals surface area contributed by atoms with Gasteiger partial charge in [0.1, 0.15) is 18.3 Å². The predicted molar refractivity (Wildman–Crippen MR) is 136 cm³/mol. The van der Waals surface area contributed by atoms with Gasteiger partial charge in [-0.15, -0.1) is 0 Å². The van der Waals surface area contributed by atoms with E-state index in [-0.39, 0.29) is 24.5 Å². The van der Waals surface area contributed by atoms with Gasteiger partial charge in [-0.1, -0.05) is 6.92 Å². The van der Waals surface area contributed by atoms with Gasteiger partial charge in [0.25, 0.3) is 0 Å². The molecule has 0 radical (unpaired) electrons. The second-order valence-electron chi connectivity index (χ2n) is 12.8. The van der Waals surface area contributed by atoms with Gasteiger partial charge >= 0.3 is 17.9 Å². The third-order valence-corrected chi connectivity index (χ3v) is 8.89. The summed E-state index contributed by atoms with van der Waals surface area (Å²) < 4.78 is 17.3. The molecule has 1 heterocycles. The van der Waals surface area contributed by atoms with Crippen LogP contribution in [0.2, 0.25) is 0 Å². The Morgan fingerprint density at radius 3 is 2.37 bits per heavy atom. The summed E-state index contributed by atoms with van der Waals surface area (Å²) in [6.45, 7) is 9.94. The van der Waals surface area contributed by atoms with E-state index < -0.39 is 65.2 Å². The molecule has 38 heavy (non-hydrogen) atoms. The fourth-order valence-electron chi connectivity index (χ4n) is 6.51. The van der Waals surface area contributed by atoms with Crippen LogP contribution >= 0.6 is 0 Å². The number of hydrogen-bond donors (Lipinski definition) is 4. The molecule has 0 spiro atoms. The average molecular weight is 541 g/mol. The molecule has 3 aliphatic rings. The Morgan fingerprint density at radius 1 is 1.13 bits per heavy atom. The molecule has 0 aromatic heterocycles. The van der Waals surface area contributed by atoms with E-state index in [9.17, 15) is 29.7 Å². The minimum atomic E-state index is -1.76. The molecule has 0 aromatic carbocycles. The van der Waals surface area contributed by atoms with Crippen LogP contribution in [0.4, 0.5) is 0 Å². The second kappa shape index (κ2) is 10.9. The Morgan fingerprint density at radius 2 is 1.79 bits per heavy atom. The Kier molecular flexibility index (Phi) is 8.73. The van der Waals surface area contributed by atoms with Crippen molar-refractivity contribution in [3.63, 3.8) is 0 Å². The Bertz CT molecular complexity index is 950. The van der Waals surface area contributed by atoms with Crippen molar-refractivity contribution in [3.8, 4) is 0 Å². The highest BCUT2D eigenvalue weighted by Gasteiger charge is 2.62. The maximum absolute atomic E-state index is 12.5. The highest BCUT2D eigenvalue weighted by molar-refractivity contribution is 5.74. The van der Waals surface area contributed by atoms with Gasteiger partial charge in [0.2, 0.25) is 0 Å². The van der Waals surface area contributed by atoms with Crippen molar-refractivity contribution in [3.05, 3.63) is 11.6 Å². The topological polar surface area (TPSA) is 163 Å². The van der Waals surface area contributed by atoms with Gasteiger partial charge in [0, 0.05) is 12.3 Å². The summed E-state index contributed by atoms with van der Waals surface area (Å²) in [6.07, 6.45) is 1.76. The maximum Gasteiger partial charge on any atom is 0.309 e. The molecule has 1 aliphatic heterocycles. The minimum Gasteiger partial charge on any atom is -0.481 e. The molecule has 0 aromatic rings. The number of hydrogen-bond acceptors (Lipinski definition) is 9. The van der Waals surface area contributed by atoms with Gasteiger partial charge < -0.3 is 34.6 Å². The third-order valence-electron chi connectivity index (χ3n) is 8.89. The second-order valence-corrected chi connectivity index (χ2v) is 12.8. The fourth-order valence-corrected chi connectivity index (χ4v) is 6.51. The van der Waals surface area contributed by atoms with E-state index in [1.54, 1.807) is 19.9 Å². The van der Waals surface area contributed by atoms with Crippen LogP contribution in [0.25, 0.3) is 0 Å². The molecule has 0 unspecified atom stereocenters. The molecule has 3 rings (SSSR count). The normalized spacial score (nSPS) is 38.3. The smallest absolute Gasteiger partial charge is 0.309 e. The van der Waals surface area contributed by atoms with Crippen molar-refractivity contribution in [2.24, 2.45) is 17.3 Å². The standard InChI is InChI=1S/C28H44O10/c1-16(29)37-21-11-17(15-36-24(33)14-26(4,35)13-23(31)32)7-8-20(30)28(6)22(38-28)12-19-18(25(2,3)34)9-10-27(19,21)5/h11,18-22,30,34-35H,7-10,12-15H2,1-6H3,(H,31,32)/b17-11-/t18-,19+,20-,21+,22-,26+,27+,28-/m1/s1. The third kappa shape index (κ3) is 6.94. The molecule has 8 atom stereocenters. The first kappa shape index (κ1) is 30.5. The van der Waals surface area contributed by atoms with E-state index in [4.69, 9.17) is 19.3 Å². The first-order valence-corrected chi connectivity index (χ1v) is 13.4. The Hall–Kier alpha value is -2.01. The summed E-state index contributed by atoms with van der Waals surface area (Å²) in [5.74, 6) is -2.61. The zero-order valence-corrected chi connectivity index (χ0v) is 23.4. The van der Waals surface area contributed by atoms with Crippen molar-refractivity contribution in [2.45, 2.75) is 122 Å². The predicted octanol–water partition coefficient (Wildman–Crippen LogP) is 2.51. The van der Waals surface area contributed by atoms with Gasteiger partial charge in [0.15, 0.2) is 0 Å². The molecule has 2 fully saturated rings. The van der Waals surface area contributed by atoms with Gasteiger partial charge in [0.05, 0.1) is 36.3 Å². The lowest BCUT2D eigenvalue weighted by atomic mass is 9.67. The summed E-state index contributed by atoms with van der Waals surface area (Å²) in [4.78, 5) is 35.6. The van der Waals surface area contributed by atoms with E-state index in [2.05, 4.69) is 0 Å². The number of fused-ring (bicyclic) bond motifs is 2. The van der Waals surface area contributed by atoms with E-state index in [0.717, 1.165) is 6.42 Å². The molecular formula is C28H44O10. The van der Waals surface area contributed by atoms with E-state index in [0.29, 0.717) is 31.3 Å². The summed E-state index contributed by atoms with van der Waals surface area (Å²) in [6, 6.07) is 0. The number of aliphatic hydroxyl groups excluding tert-OH is 1. The van der Waals surface area contributed by atoms with Crippen molar-refractivity contribution in [1.29, 1.82) is 0 Å². The first-order chi connectivity index (χ1) is 17.4. The zero-order chi connectivity index (χ0) is 28.7. The van der Waals surface area contributed by atoms with E-state index in [1.807, 2.05) is 13.8 Å². The van der Waals surface area contributed by atoms with Crippen LogP contribution in [0.3, 0.4) is 0 Å². The molecule has 10 nitrogen and oxygen atoms in total. The summed E-state index contributed by atoms with van der Waals surface area (Å²) in [5, 5.41) is 41.2. The number of carboxylic acid groups (broad SMARTS) is 1. The average Bonchev–Trinajstić information content (AvgIpc) is 3.28. The number of carbonyl (C=O) groups is 3. The fraction of sp³-hybridized carbons (Fsp3) is 0.821. The monoisotopic (exact) mass is 540 g/mol. The van der Waals surface area contributed by atoms with Crippen molar-refractivity contribution >= 4 is 17.9 Å². The van der Waals surface area contributed by atoms with Crippen molar-refractivity contribution in [1.82, 2.24) is 0 Å². The number of aliphatic hydroxyl groups is 3. The van der Waals surface area contributed by atoms with Crippen LogP contribution in [0.15, 0.2) is 11.6 Å². The van der Waals surface area contributed by atoms with Crippen LogP contribution in [0.1, 0.15) is 86.5 Å². The van der Waals surface area contributed by atoms with Gasteiger partial charge in [-0.3, -0.25) is 14.4 Å². The van der Waals surface area contributed by atoms with Crippen LogP contribution in [0.5, 0.6) is 0 Å². The highest BCUT2D eigenvalue weighted by Crippen LogP contribution is 2.58. The molecule has 0 bridgehead atoms. The lowest BCUT2D eigenvalue weighted by Crippen LogP contribution is -2.44. The number of ether oxygens (including phenoxy) is 3. The lowest BCUT2D eigenvalue weighted by Gasteiger charge is -2.41. The number of rotatable bonds is 8. The molecule has 4 N–H and O–H groups in total. The lowest BCUT2D eigenvalue weighted by molar-refractivity contribution is -0.153.